The van der Waals surface area contributed by atoms with Gasteiger partial charge in [-0.3, -0.25) is 9.59 Å². The Morgan fingerprint density at radius 1 is 1.55 bits per heavy atom. The van der Waals surface area contributed by atoms with Crippen LogP contribution < -0.4 is 10.6 Å². The lowest BCUT2D eigenvalue weighted by atomic mass is 10.1. The molecule has 0 spiro atoms. The number of carbonyl (C=O) groups excluding carboxylic acids is 2. The molecule has 2 heterocycles. The monoisotopic (exact) mass is 276 g/mol. The molecule has 1 saturated heterocycles. The van der Waals surface area contributed by atoms with Crippen LogP contribution in [0.25, 0.3) is 0 Å². The third-order valence-electron chi connectivity index (χ3n) is 3.43. The number of aromatic nitrogens is 1. The molecule has 2 N–H and O–H groups in total. The summed E-state index contributed by atoms with van der Waals surface area (Å²) >= 11 is 0. The summed E-state index contributed by atoms with van der Waals surface area (Å²) in [6.07, 6.45) is 0.612. The molecule has 1 atom stereocenters. The lowest BCUT2D eigenvalue weighted by Gasteiger charge is -2.34. The Kier molecular flexibility index (Phi) is 4.22. The number of rotatable bonds is 3. The molecule has 1 aliphatic heterocycles. The van der Waals surface area contributed by atoms with Gasteiger partial charge in [-0.1, -0.05) is 6.92 Å². The molecule has 2 rings (SSSR count). The number of pyridine rings is 1. The molecule has 0 radical (unpaired) electrons. The zero-order chi connectivity index (χ0) is 14.7. The normalized spacial score (nSPS) is 18.6. The Bertz CT molecular complexity index is 530. The fourth-order valence-corrected chi connectivity index (χ4v) is 2.45. The Morgan fingerprint density at radius 3 is 2.95 bits per heavy atom. The largest absolute Gasteiger partial charge is 0.373 e. The Morgan fingerprint density at radius 2 is 2.30 bits per heavy atom. The first-order valence-electron chi connectivity index (χ1n) is 6.82. The fraction of sp³-hybridized carbons (Fsp3) is 0.500. The van der Waals surface area contributed by atoms with E-state index in [9.17, 15) is 9.59 Å². The average Bonchev–Trinajstić information content (AvgIpc) is 2.45. The summed E-state index contributed by atoms with van der Waals surface area (Å²) in [7, 11) is 1.76. The van der Waals surface area contributed by atoms with Crippen molar-refractivity contribution in [3.8, 4) is 0 Å². The molecule has 0 bridgehead atoms. The van der Waals surface area contributed by atoms with Crippen LogP contribution in [0.3, 0.4) is 0 Å². The van der Waals surface area contributed by atoms with Crippen LogP contribution in [0, 0.1) is 6.92 Å². The summed E-state index contributed by atoms with van der Waals surface area (Å²) in [6.45, 7) is 4.80. The second-order valence-electron chi connectivity index (χ2n) is 4.85. The molecule has 1 aromatic rings. The van der Waals surface area contributed by atoms with E-state index in [1.165, 1.54) is 0 Å². The highest BCUT2D eigenvalue weighted by Crippen LogP contribution is 2.16. The third-order valence-corrected chi connectivity index (χ3v) is 3.43. The quantitative estimate of drug-likeness (QED) is 0.855. The molecule has 20 heavy (non-hydrogen) atoms. The van der Waals surface area contributed by atoms with Crippen LogP contribution in [-0.4, -0.2) is 47.9 Å². The van der Waals surface area contributed by atoms with E-state index in [0.29, 0.717) is 30.9 Å². The van der Waals surface area contributed by atoms with Gasteiger partial charge in [-0.15, -0.1) is 0 Å². The van der Waals surface area contributed by atoms with Crippen LogP contribution in [0.2, 0.25) is 0 Å². The first-order valence-corrected chi connectivity index (χ1v) is 6.82. The van der Waals surface area contributed by atoms with Crippen LogP contribution in [0.15, 0.2) is 12.1 Å². The Balaban J connectivity index is 2.30. The minimum atomic E-state index is -0.386. The zero-order valence-corrected chi connectivity index (χ0v) is 12.1. The molecule has 0 aliphatic carbocycles. The summed E-state index contributed by atoms with van der Waals surface area (Å²) in [5, 5.41) is 5.73. The van der Waals surface area contributed by atoms with Gasteiger partial charge in [0, 0.05) is 31.4 Å². The summed E-state index contributed by atoms with van der Waals surface area (Å²) in [5.41, 5.74) is 1.34. The van der Waals surface area contributed by atoms with Crippen molar-refractivity contribution in [3.63, 3.8) is 0 Å². The van der Waals surface area contributed by atoms with Crippen molar-refractivity contribution in [2.24, 2.45) is 0 Å². The SMILES string of the molecule is CCC1C(=O)NCCN1C(=O)c1cc(C)nc(NC)c1. The number of hydrogen-bond donors (Lipinski definition) is 2. The van der Waals surface area contributed by atoms with Crippen molar-refractivity contribution in [2.45, 2.75) is 26.3 Å². The number of nitrogens with zero attached hydrogens (tertiary/aromatic N) is 2. The molecule has 1 aromatic heterocycles. The van der Waals surface area contributed by atoms with Crippen LogP contribution in [0.5, 0.6) is 0 Å². The van der Waals surface area contributed by atoms with Crippen LogP contribution >= 0.6 is 0 Å². The third kappa shape index (κ3) is 2.74. The number of amides is 2. The van der Waals surface area contributed by atoms with Crippen LogP contribution in [0.4, 0.5) is 5.82 Å². The topological polar surface area (TPSA) is 74.3 Å². The molecule has 0 saturated carbocycles. The van der Waals surface area contributed by atoms with E-state index >= 15 is 0 Å². The minimum absolute atomic E-state index is 0.0771. The van der Waals surface area contributed by atoms with Crippen LogP contribution in [-0.2, 0) is 4.79 Å². The summed E-state index contributed by atoms with van der Waals surface area (Å²) < 4.78 is 0. The van der Waals surface area contributed by atoms with Gasteiger partial charge in [0.2, 0.25) is 5.91 Å². The number of piperazine rings is 1. The molecule has 1 fully saturated rings. The molecule has 1 unspecified atom stereocenters. The lowest BCUT2D eigenvalue weighted by Crippen LogP contribution is -2.56. The molecular formula is C14H20N4O2. The average molecular weight is 276 g/mol. The van der Waals surface area contributed by atoms with Crippen molar-refractivity contribution < 1.29 is 9.59 Å². The van der Waals surface area contributed by atoms with Gasteiger partial charge in [-0.2, -0.15) is 0 Å². The highest BCUT2D eigenvalue weighted by Gasteiger charge is 2.32. The molecule has 0 aromatic carbocycles. The predicted octanol–water partition coefficient (Wildman–Crippen LogP) is 0.782. The van der Waals surface area contributed by atoms with Crippen molar-refractivity contribution in [2.75, 3.05) is 25.5 Å². The van der Waals surface area contributed by atoms with Gasteiger partial charge in [0.1, 0.15) is 11.9 Å². The van der Waals surface area contributed by atoms with Crippen molar-refractivity contribution in [3.05, 3.63) is 23.4 Å². The maximum atomic E-state index is 12.6. The standard InChI is InChI=1S/C14H20N4O2/c1-4-11-13(19)16-5-6-18(11)14(20)10-7-9(2)17-12(8-10)15-3/h7-8,11H,4-6H2,1-3H3,(H,15,17)(H,16,19). The molecule has 2 amide bonds. The summed E-state index contributed by atoms with van der Waals surface area (Å²) in [4.78, 5) is 30.4. The zero-order valence-electron chi connectivity index (χ0n) is 12.1. The number of carbonyl (C=O) groups is 2. The van der Waals surface area contributed by atoms with E-state index in [1.54, 1.807) is 24.1 Å². The highest BCUT2D eigenvalue weighted by molar-refractivity contribution is 5.98. The van der Waals surface area contributed by atoms with E-state index in [-0.39, 0.29) is 17.9 Å². The second-order valence-corrected chi connectivity index (χ2v) is 4.85. The summed E-state index contributed by atoms with van der Waals surface area (Å²) in [6, 6.07) is 3.08. The van der Waals surface area contributed by atoms with E-state index in [4.69, 9.17) is 0 Å². The van der Waals surface area contributed by atoms with Crippen molar-refractivity contribution >= 4 is 17.6 Å². The fourth-order valence-electron chi connectivity index (χ4n) is 2.45. The van der Waals surface area contributed by atoms with E-state index < -0.39 is 0 Å². The van der Waals surface area contributed by atoms with Gasteiger partial charge in [-0.05, 0) is 25.5 Å². The van der Waals surface area contributed by atoms with E-state index in [1.807, 2.05) is 13.8 Å². The maximum absolute atomic E-state index is 12.6. The predicted molar refractivity (Wildman–Crippen MR) is 76.6 cm³/mol. The molecule has 108 valence electrons. The van der Waals surface area contributed by atoms with Gasteiger partial charge in [0.15, 0.2) is 0 Å². The first-order chi connectivity index (χ1) is 9.56. The second kappa shape index (κ2) is 5.90. The van der Waals surface area contributed by atoms with Gasteiger partial charge < -0.3 is 15.5 Å². The molecular weight excluding hydrogens is 256 g/mol. The van der Waals surface area contributed by atoms with Crippen LogP contribution in [0.1, 0.15) is 29.4 Å². The lowest BCUT2D eigenvalue weighted by molar-refractivity contribution is -0.127. The molecule has 6 nitrogen and oxygen atoms in total. The number of nitrogens with one attached hydrogen (secondary N) is 2. The summed E-state index contributed by atoms with van der Waals surface area (Å²) in [5.74, 6) is 0.461. The van der Waals surface area contributed by atoms with Gasteiger partial charge >= 0.3 is 0 Å². The maximum Gasteiger partial charge on any atom is 0.254 e. The Labute approximate surface area is 118 Å². The minimum Gasteiger partial charge on any atom is -0.373 e. The number of hydrogen-bond acceptors (Lipinski definition) is 4. The van der Waals surface area contributed by atoms with Gasteiger partial charge in [0.25, 0.3) is 5.91 Å². The Hall–Kier alpha value is -2.11. The molecule has 6 heteroatoms. The van der Waals surface area contributed by atoms with Crippen molar-refractivity contribution in [1.82, 2.24) is 15.2 Å². The van der Waals surface area contributed by atoms with E-state index in [2.05, 4.69) is 15.6 Å². The van der Waals surface area contributed by atoms with Gasteiger partial charge in [-0.25, -0.2) is 4.98 Å². The molecule has 1 aliphatic rings. The highest BCUT2D eigenvalue weighted by atomic mass is 16.2. The smallest absolute Gasteiger partial charge is 0.254 e. The first kappa shape index (κ1) is 14.3. The van der Waals surface area contributed by atoms with Gasteiger partial charge in [0.05, 0.1) is 0 Å². The van der Waals surface area contributed by atoms with Crippen molar-refractivity contribution in [1.29, 1.82) is 0 Å². The number of anilines is 1. The van der Waals surface area contributed by atoms with E-state index in [0.717, 1.165) is 5.69 Å². The number of aryl methyl sites for hydroxylation is 1.